The lowest BCUT2D eigenvalue weighted by atomic mass is 10.0. The van der Waals surface area contributed by atoms with Crippen LogP contribution in [-0.2, 0) is 13.0 Å². The van der Waals surface area contributed by atoms with Crippen LogP contribution < -0.4 is 5.32 Å². The highest BCUT2D eigenvalue weighted by atomic mass is 32.1. The van der Waals surface area contributed by atoms with Crippen molar-refractivity contribution < 1.29 is 0 Å². The summed E-state index contributed by atoms with van der Waals surface area (Å²) in [5.41, 5.74) is 2.96. The first-order valence-electron chi connectivity index (χ1n) is 7.93. The van der Waals surface area contributed by atoms with E-state index in [4.69, 9.17) is 0 Å². The van der Waals surface area contributed by atoms with Gasteiger partial charge in [-0.1, -0.05) is 37.3 Å². The highest BCUT2D eigenvalue weighted by molar-refractivity contribution is 7.10. The molecule has 2 heterocycles. The zero-order chi connectivity index (χ0) is 14.5. The molecule has 2 aromatic rings. The molecule has 3 rings (SSSR count). The van der Waals surface area contributed by atoms with E-state index >= 15 is 0 Å². The number of thiophene rings is 1. The maximum absolute atomic E-state index is 3.61. The molecule has 0 radical (unpaired) electrons. The second-order valence-corrected chi connectivity index (χ2v) is 6.72. The molecule has 3 heteroatoms. The Morgan fingerprint density at radius 3 is 2.90 bits per heavy atom. The van der Waals surface area contributed by atoms with Crippen molar-refractivity contribution in [3.63, 3.8) is 0 Å². The summed E-state index contributed by atoms with van der Waals surface area (Å²) < 4.78 is 0. The van der Waals surface area contributed by atoms with Crippen LogP contribution in [0.15, 0.2) is 41.8 Å². The van der Waals surface area contributed by atoms with Gasteiger partial charge in [-0.2, -0.15) is 0 Å². The van der Waals surface area contributed by atoms with E-state index in [1.165, 1.54) is 30.5 Å². The highest BCUT2D eigenvalue weighted by Crippen LogP contribution is 2.30. The van der Waals surface area contributed by atoms with Crippen molar-refractivity contribution in [2.24, 2.45) is 0 Å². The molecule has 0 aliphatic carbocycles. The Hall–Kier alpha value is -1.16. The van der Waals surface area contributed by atoms with E-state index in [9.17, 15) is 0 Å². The van der Waals surface area contributed by atoms with Crippen molar-refractivity contribution in [3.05, 3.63) is 57.8 Å². The molecule has 0 amide bonds. The average Bonchev–Trinajstić information content (AvgIpc) is 3.00. The van der Waals surface area contributed by atoms with Gasteiger partial charge in [0.2, 0.25) is 0 Å². The normalized spacial score (nSPS) is 16.6. The molecule has 1 unspecified atom stereocenters. The topological polar surface area (TPSA) is 15.3 Å². The Bertz CT molecular complexity index is 549. The van der Waals surface area contributed by atoms with Gasteiger partial charge in [0.15, 0.2) is 0 Å². The smallest absolute Gasteiger partial charge is 0.0476 e. The zero-order valence-electron chi connectivity index (χ0n) is 12.7. The number of fused-ring (bicyclic) bond motifs is 1. The molecule has 1 aliphatic rings. The van der Waals surface area contributed by atoms with E-state index in [0.717, 1.165) is 19.6 Å². The molecular weight excluding hydrogens is 276 g/mol. The maximum atomic E-state index is 3.61. The van der Waals surface area contributed by atoms with Crippen LogP contribution in [0, 0.1) is 0 Å². The third kappa shape index (κ3) is 3.54. The van der Waals surface area contributed by atoms with Crippen molar-refractivity contribution in [3.8, 4) is 0 Å². The van der Waals surface area contributed by atoms with Crippen LogP contribution in [0.1, 0.15) is 35.4 Å². The molecule has 1 aromatic carbocycles. The molecule has 1 aromatic heterocycles. The Labute approximate surface area is 131 Å². The molecule has 21 heavy (non-hydrogen) atoms. The number of nitrogens with zero attached hydrogens (tertiary/aromatic N) is 1. The zero-order valence-corrected chi connectivity index (χ0v) is 13.5. The SMILES string of the molecule is CCCNCC(c1ccccc1)N1CCc2sccc2C1. The molecule has 0 fully saturated rings. The first kappa shape index (κ1) is 14.8. The van der Waals surface area contributed by atoms with Crippen molar-refractivity contribution in [2.45, 2.75) is 32.4 Å². The van der Waals surface area contributed by atoms with Gasteiger partial charge in [-0.05, 0) is 42.0 Å². The van der Waals surface area contributed by atoms with Gasteiger partial charge < -0.3 is 5.32 Å². The van der Waals surface area contributed by atoms with Crippen molar-refractivity contribution >= 4 is 11.3 Å². The summed E-state index contributed by atoms with van der Waals surface area (Å²) >= 11 is 1.91. The van der Waals surface area contributed by atoms with Crippen LogP contribution in [0.5, 0.6) is 0 Å². The van der Waals surface area contributed by atoms with Gasteiger partial charge in [0.05, 0.1) is 0 Å². The summed E-state index contributed by atoms with van der Waals surface area (Å²) in [7, 11) is 0. The molecular formula is C18H24N2S. The van der Waals surface area contributed by atoms with Gasteiger partial charge in [0.1, 0.15) is 0 Å². The first-order chi connectivity index (χ1) is 10.4. The second-order valence-electron chi connectivity index (χ2n) is 5.72. The fraction of sp³-hybridized carbons (Fsp3) is 0.444. The summed E-state index contributed by atoms with van der Waals surface area (Å²) in [6, 6.07) is 13.7. The average molecular weight is 300 g/mol. The third-order valence-corrected chi connectivity index (χ3v) is 5.25. The highest BCUT2D eigenvalue weighted by Gasteiger charge is 2.24. The Morgan fingerprint density at radius 1 is 1.24 bits per heavy atom. The summed E-state index contributed by atoms with van der Waals surface area (Å²) in [6.07, 6.45) is 2.39. The molecule has 0 saturated carbocycles. The fourth-order valence-corrected chi connectivity index (χ4v) is 3.97. The Balaban J connectivity index is 1.76. The molecule has 1 atom stereocenters. The lowest BCUT2D eigenvalue weighted by molar-refractivity contribution is 0.176. The molecule has 0 bridgehead atoms. The Morgan fingerprint density at radius 2 is 2.10 bits per heavy atom. The number of benzene rings is 1. The van der Waals surface area contributed by atoms with Gasteiger partial charge in [-0.25, -0.2) is 0 Å². The van der Waals surface area contributed by atoms with Gasteiger partial charge >= 0.3 is 0 Å². The number of rotatable bonds is 6. The minimum atomic E-state index is 0.478. The predicted octanol–water partition coefficient (Wildman–Crippen LogP) is 3.85. The second kappa shape index (κ2) is 7.21. The Kier molecular flexibility index (Phi) is 5.07. The van der Waals surface area contributed by atoms with Crippen molar-refractivity contribution in [1.29, 1.82) is 0 Å². The van der Waals surface area contributed by atoms with E-state index in [2.05, 4.69) is 58.9 Å². The van der Waals surface area contributed by atoms with Crippen LogP contribution in [0.4, 0.5) is 0 Å². The van der Waals surface area contributed by atoms with Gasteiger partial charge in [-0.15, -0.1) is 11.3 Å². The van der Waals surface area contributed by atoms with Crippen LogP contribution in [-0.4, -0.2) is 24.5 Å². The van der Waals surface area contributed by atoms with Gasteiger partial charge in [-0.3, -0.25) is 4.90 Å². The van der Waals surface area contributed by atoms with E-state index in [0.29, 0.717) is 6.04 Å². The lowest BCUT2D eigenvalue weighted by Gasteiger charge is -2.35. The van der Waals surface area contributed by atoms with Crippen LogP contribution in [0.3, 0.4) is 0 Å². The predicted molar refractivity (Wildman–Crippen MR) is 90.8 cm³/mol. The minimum absolute atomic E-state index is 0.478. The number of hydrogen-bond acceptors (Lipinski definition) is 3. The van der Waals surface area contributed by atoms with Gasteiger partial charge in [0.25, 0.3) is 0 Å². The molecule has 0 saturated heterocycles. The van der Waals surface area contributed by atoms with E-state index in [1.807, 2.05) is 11.3 Å². The maximum Gasteiger partial charge on any atom is 0.0476 e. The molecule has 2 nitrogen and oxygen atoms in total. The summed E-state index contributed by atoms with van der Waals surface area (Å²) in [6.45, 7) is 6.62. The largest absolute Gasteiger partial charge is 0.315 e. The summed E-state index contributed by atoms with van der Waals surface area (Å²) in [5, 5.41) is 5.85. The first-order valence-corrected chi connectivity index (χ1v) is 8.81. The molecule has 1 N–H and O–H groups in total. The van der Waals surface area contributed by atoms with E-state index in [-0.39, 0.29) is 0 Å². The van der Waals surface area contributed by atoms with Crippen LogP contribution in [0.25, 0.3) is 0 Å². The molecule has 1 aliphatic heterocycles. The lowest BCUT2D eigenvalue weighted by Crippen LogP contribution is -2.39. The van der Waals surface area contributed by atoms with E-state index in [1.54, 1.807) is 4.88 Å². The van der Waals surface area contributed by atoms with Crippen LogP contribution >= 0.6 is 11.3 Å². The third-order valence-electron chi connectivity index (χ3n) is 4.23. The molecule has 0 spiro atoms. The quantitative estimate of drug-likeness (QED) is 0.815. The number of hydrogen-bond donors (Lipinski definition) is 1. The standard InChI is InChI=1S/C18H24N2S/c1-2-10-19-13-17(15-6-4-3-5-7-15)20-11-8-18-16(14-20)9-12-21-18/h3-7,9,12,17,19H,2,8,10-11,13-14H2,1H3. The summed E-state index contributed by atoms with van der Waals surface area (Å²) in [5.74, 6) is 0. The summed E-state index contributed by atoms with van der Waals surface area (Å²) in [4.78, 5) is 4.21. The van der Waals surface area contributed by atoms with Crippen molar-refractivity contribution in [1.82, 2.24) is 10.2 Å². The minimum Gasteiger partial charge on any atom is -0.315 e. The fourth-order valence-electron chi connectivity index (χ4n) is 3.08. The van der Waals surface area contributed by atoms with Gasteiger partial charge in [0, 0.05) is 30.6 Å². The van der Waals surface area contributed by atoms with Crippen LogP contribution in [0.2, 0.25) is 0 Å². The van der Waals surface area contributed by atoms with Crippen molar-refractivity contribution in [2.75, 3.05) is 19.6 Å². The monoisotopic (exact) mass is 300 g/mol. The molecule has 112 valence electrons. The van der Waals surface area contributed by atoms with E-state index < -0.39 is 0 Å². The number of nitrogens with one attached hydrogen (secondary N) is 1.